The molecule has 0 saturated heterocycles. The summed E-state index contributed by atoms with van der Waals surface area (Å²) in [5.74, 6) is 1.30. The van der Waals surface area contributed by atoms with Crippen LogP contribution in [0.25, 0.3) is 11.4 Å². The fraction of sp³-hybridized carbons (Fsp3) is 0.400. The topological polar surface area (TPSA) is 83.2 Å². The Kier molecular flexibility index (Phi) is 4.92. The van der Waals surface area contributed by atoms with Crippen molar-refractivity contribution in [2.45, 2.75) is 33.3 Å². The highest BCUT2D eigenvalue weighted by Crippen LogP contribution is 2.28. The highest BCUT2D eigenvalue weighted by atomic mass is 16.5. The fourth-order valence-electron chi connectivity index (χ4n) is 1.75. The lowest BCUT2D eigenvalue weighted by atomic mass is 10.2. The lowest BCUT2D eigenvalue weighted by Gasteiger charge is -2.12. The van der Waals surface area contributed by atoms with Gasteiger partial charge in [-0.05, 0) is 32.4 Å². The fourth-order valence-corrected chi connectivity index (χ4v) is 1.75. The van der Waals surface area contributed by atoms with E-state index in [1.165, 1.54) is 0 Å². The van der Waals surface area contributed by atoms with Crippen molar-refractivity contribution in [2.75, 3.05) is 12.3 Å². The lowest BCUT2D eigenvalue weighted by Crippen LogP contribution is -2.11. The predicted molar refractivity (Wildman–Crippen MR) is 81.2 cm³/mol. The molecule has 1 aromatic heterocycles. The molecule has 0 amide bonds. The number of anilines is 1. The number of aromatic nitrogens is 3. The molecule has 6 nitrogen and oxygen atoms in total. The summed E-state index contributed by atoms with van der Waals surface area (Å²) >= 11 is 0. The van der Waals surface area contributed by atoms with E-state index < -0.39 is 0 Å². The molecule has 21 heavy (non-hydrogen) atoms. The minimum atomic E-state index is -0.0359. The van der Waals surface area contributed by atoms with Crippen molar-refractivity contribution >= 4 is 5.95 Å². The number of nitrogens with zero attached hydrogens (tertiary/aromatic N) is 3. The molecule has 2 N–H and O–H groups in total. The summed E-state index contributed by atoms with van der Waals surface area (Å²) < 4.78 is 11.2. The van der Waals surface area contributed by atoms with E-state index in [2.05, 4.69) is 21.9 Å². The molecule has 2 aromatic rings. The van der Waals surface area contributed by atoms with Gasteiger partial charge >= 0.3 is 6.01 Å². The molecule has 0 saturated carbocycles. The summed E-state index contributed by atoms with van der Waals surface area (Å²) in [5.41, 5.74) is 6.51. The van der Waals surface area contributed by atoms with Gasteiger partial charge in [0.05, 0.1) is 18.3 Å². The van der Waals surface area contributed by atoms with Crippen LogP contribution in [0.2, 0.25) is 0 Å². The number of nitrogen functional groups attached to an aromatic ring is 1. The van der Waals surface area contributed by atoms with Gasteiger partial charge in [-0.2, -0.15) is 15.0 Å². The summed E-state index contributed by atoms with van der Waals surface area (Å²) in [5, 5.41) is 0. The number of hydrogen-bond acceptors (Lipinski definition) is 6. The smallest absolute Gasteiger partial charge is 0.322 e. The first-order valence-corrected chi connectivity index (χ1v) is 7.00. The Morgan fingerprint density at radius 2 is 1.90 bits per heavy atom. The molecule has 6 heteroatoms. The summed E-state index contributed by atoms with van der Waals surface area (Å²) in [4.78, 5) is 12.5. The van der Waals surface area contributed by atoms with Crippen LogP contribution < -0.4 is 15.2 Å². The van der Waals surface area contributed by atoms with Crippen molar-refractivity contribution in [1.82, 2.24) is 15.0 Å². The molecule has 0 radical (unpaired) electrons. The molecule has 1 heterocycles. The summed E-state index contributed by atoms with van der Waals surface area (Å²) in [6.45, 7) is 6.49. The zero-order valence-corrected chi connectivity index (χ0v) is 12.5. The van der Waals surface area contributed by atoms with Gasteiger partial charge in [0.25, 0.3) is 0 Å². The van der Waals surface area contributed by atoms with Crippen molar-refractivity contribution in [3.8, 4) is 23.1 Å². The second kappa shape index (κ2) is 6.88. The zero-order valence-electron chi connectivity index (χ0n) is 12.5. The predicted octanol–water partition coefficient (Wildman–Crippen LogP) is 2.70. The van der Waals surface area contributed by atoms with Crippen LogP contribution in [-0.4, -0.2) is 27.7 Å². The summed E-state index contributed by atoms with van der Waals surface area (Å²) in [6, 6.07) is 7.80. The van der Waals surface area contributed by atoms with Crippen LogP contribution in [0.4, 0.5) is 5.95 Å². The Morgan fingerprint density at radius 3 is 2.62 bits per heavy atom. The van der Waals surface area contributed by atoms with Crippen molar-refractivity contribution in [2.24, 2.45) is 0 Å². The van der Waals surface area contributed by atoms with E-state index in [9.17, 15) is 0 Å². The number of benzene rings is 1. The summed E-state index contributed by atoms with van der Waals surface area (Å²) in [7, 11) is 0. The van der Waals surface area contributed by atoms with Gasteiger partial charge in [0.15, 0.2) is 5.82 Å². The number of hydrogen-bond donors (Lipinski definition) is 1. The molecule has 0 aliphatic carbocycles. The third kappa shape index (κ3) is 4.05. The lowest BCUT2D eigenvalue weighted by molar-refractivity contribution is 0.222. The van der Waals surface area contributed by atoms with Gasteiger partial charge in [0.1, 0.15) is 5.75 Å². The number of rotatable bonds is 6. The molecule has 0 unspecified atom stereocenters. The van der Waals surface area contributed by atoms with E-state index in [1.54, 1.807) is 0 Å². The first-order chi connectivity index (χ1) is 10.1. The molecule has 2 rings (SSSR count). The molecule has 112 valence electrons. The van der Waals surface area contributed by atoms with Gasteiger partial charge in [0, 0.05) is 0 Å². The first kappa shape index (κ1) is 15.0. The highest BCUT2D eigenvalue weighted by molar-refractivity contribution is 5.64. The van der Waals surface area contributed by atoms with Crippen LogP contribution in [0.15, 0.2) is 24.3 Å². The Balaban J connectivity index is 2.39. The van der Waals surface area contributed by atoms with Crippen LogP contribution in [-0.2, 0) is 0 Å². The SMILES string of the molecule is CCCOc1ccccc1-c1nc(N)nc(OC(C)C)n1. The maximum Gasteiger partial charge on any atom is 0.322 e. The molecule has 0 spiro atoms. The van der Waals surface area contributed by atoms with Crippen molar-refractivity contribution in [3.63, 3.8) is 0 Å². The van der Waals surface area contributed by atoms with E-state index >= 15 is 0 Å². The van der Waals surface area contributed by atoms with Gasteiger partial charge in [-0.25, -0.2) is 0 Å². The Labute approximate surface area is 124 Å². The third-order valence-corrected chi connectivity index (χ3v) is 2.56. The molecular weight excluding hydrogens is 268 g/mol. The Hall–Kier alpha value is -2.37. The van der Waals surface area contributed by atoms with E-state index in [0.29, 0.717) is 12.4 Å². The van der Waals surface area contributed by atoms with Gasteiger partial charge < -0.3 is 15.2 Å². The monoisotopic (exact) mass is 288 g/mol. The number of ether oxygens (including phenoxy) is 2. The van der Waals surface area contributed by atoms with Gasteiger partial charge in [-0.3, -0.25) is 0 Å². The van der Waals surface area contributed by atoms with Crippen molar-refractivity contribution in [1.29, 1.82) is 0 Å². The minimum Gasteiger partial charge on any atom is -0.493 e. The molecule has 0 fully saturated rings. The van der Waals surface area contributed by atoms with Gasteiger partial charge in [-0.15, -0.1) is 0 Å². The number of para-hydroxylation sites is 1. The second-order valence-electron chi connectivity index (χ2n) is 4.81. The molecule has 0 aliphatic heterocycles. The Bertz CT molecular complexity index is 602. The third-order valence-electron chi connectivity index (χ3n) is 2.56. The molecule has 0 aliphatic rings. The van der Waals surface area contributed by atoms with Crippen LogP contribution in [0.1, 0.15) is 27.2 Å². The van der Waals surface area contributed by atoms with Crippen LogP contribution in [0.3, 0.4) is 0 Å². The van der Waals surface area contributed by atoms with Gasteiger partial charge in [0.2, 0.25) is 5.95 Å². The molecule has 1 aromatic carbocycles. The quantitative estimate of drug-likeness (QED) is 0.880. The van der Waals surface area contributed by atoms with Crippen molar-refractivity contribution < 1.29 is 9.47 Å². The second-order valence-corrected chi connectivity index (χ2v) is 4.81. The van der Waals surface area contributed by atoms with E-state index in [-0.39, 0.29) is 18.1 Å². The maximum absolute atomic E-state index is 5.74. The average molecular weight is 288 g/mol. The van der Waals surface area contributed by atoms with Crippen molar-refractivity contribution in [3.05, 3.63) is 24.3 Å². The summed E-state index contributed by atoms with van der Waals surface area (Å²) in [6.07, 6.45) is 0.890. The zero-order chi connectivity index (χ0) is 15.2. The number of nitrogens with two attached hydrogens (primary N) is 1. The van der Waals surface area contributed by atoms with Gasteiger partial charge in [-0.1, -0.05) is 19.1 Å². The maximum atomic E-state index is 5.74. The van der Waals surface area contributed by atoms with E-state index in [4.69, 9.17) is 15.2 Å². The van der Waals surface area contributed by atoms with Crippen LogP contribution in [0, 0.1) is 0 Å². The van der Waals surface area contributed by atoms with E-state index in [1.807, 2.05) is 38.1 Å². The van der Waals surface area contributed by atoms with Crippen LogP contribution in [0.5, 0.6) is 11.8 Å². The standard InChI is InChI=1S/C15H20N4O2/c1-4-9-20-12-8-6-5-7-11(12)13-17-14(16)19-15(18-13)21-10(2)3/h5-8,10H,4,9H2,1-3H3,(H2,16,17,18,19). The normalized spacial score (nSPS) is 10.7. The molecular formula is C15H20N4O2. The largest absolute Gasteiger partial charge is 0.493 e. The first-order valence-electron chi connectivity index (χ1n) is 7.00. The molecule has 0 bridgehead atoms. The average Bonchev–Trinajstić information content (AvgIpc) is 2.44. The minimum absolute atomic E-state index is 0.0359. The van der Waals surface area contributed by atoms with E-state index in [0.717, 1.165) is 17.7 Å². The highest BCUT2D eigenvalue weighted by Gasteiger charge is 2.13. The Morgan fingerprint density at radius 1 is 1.14 bits per heavy atom. The van der Waals surface area contributed by atoms with Crippen LogP contribution >= 0.6 is 0 Å². The molecule has 0 atom stereocenters.